The molecule has 0 aromatic carbocycles. The molecule has 2 unspecified atom stereocenters. The van der Waals surface area contributed by atoms with Crippen molar-refractivity contribution in [3.8, 4) is 0 Å². The van der Waals surface area contributed by atoms with Gasteiger partial charge in [0.1, 0.15) is 23.5 Å². The van der Waals surface area contributed by atoms with E-state index in [9.17, 15) is 9.90 Å². The lowest BCUT2D eigenvalue weighted by molar-refractivity contribution is -0.171. The number of carboxylic acids is 1. The highest BCUT2D eigenvalue weighted by atomic mass is 16.6. The smallest absolute Gasteiger partial charge is 0.306 e. The number of carbonyl (C=O) groups is 1. The van der Waals surface area contributed by atoms with Crippen LogP contribution < -0.4 is 11.5 Å². The van der Waals surface area contributed by atoms with E-state index >= 15 is 0 Å². The minimum atomic E-state index is -1.24. The maximum Gasteiger partial charge on any atom is 0.306 e. The third-order valence-corrected chi connectivity index (χ3v) is 5.45. The van der Waals surface area contributed by atoms with Gasteiger partial charge in [0.05, 0.1) is 25.4 Å². The molecule has 3 rings (SSSR count). The fourth-order valence-corrected chi connectivity index (χ4v) is 3.86. The Labute approximate surface area is 181 Å². The minimum absolute atomic E-state index is 0.0596. The Balaban J connectivity index is 1.95. The van der Waals surface area contributed by atoms with E-state index in [0.717, 1.165) is 25.7 Å². The molecule has 0 saturated carbocycles. The fraction of sp³-hybridized carbons (Fsp3) is 0.700. The van der Waals surface area contributed by atoms with E-state index in [4.69, 9.17) is 25.7 Å². The van der Waals surface area contributed by atoms with E-state index in [1.165, 1.54) is 12.7 Å². The van der Waals surface area contributed by atoms with Gasteiger partial charge < -0.3 is 30.8 Å². The van der Waals surface area contributed by atoms with Crippen LogP contribution in [0.2, 0.25) is 0 Å². The Morgan fingerprint density at radius 2 is 2.00 bits per heavy atom. The van der Waals surface area contributed by atoms with Gasteiger partial charge in [-0.05, 0) is 12.8 Å². The molecule has 0 aliphatic carbocycles. The highest BCUT2D eigenvalue weighted by molar-refractivity contribution is 5.81. The number of hydrogen-bond acceptors (Lipinski definition) is 9. The second kappa shape index (κ2) is 10.3. The molecule has 11 nitrogen and oxygen atoms in total. The Morgan fingerprint density at radius 3 is 2.71 bits per heavy atom. The molecule has 0 spiro atoms. The lowest BCUT2D eigenvalue weighted by Gasteiger charge is -2.33. The predicted octanol–water partition coefficient (Wildman–Crippen LogP) is 1.48. The monoisotopic (exact) mass is 436 g/mol. The Hall–Kier alpha value is -2.34. The lowest BCUT2D eigenvalue weighted by atomic mass is 9.91. The van der Waals surface area contributed by atoms with Gasteiger partial charge in [-0.15, -0.1) is 0 Å². The summed E-state index contributed by atoms with van der Waals surface area (Å²) in [5.74, 6) is -0.774. The van der Waals surface area contributed by atoms with Crippen LogP contribution in [0.25, 0.3) is 11.2 Å². The van der Waals surface area contributed by atoms with Gasteiger partial charge in [-0.3, -0.25) is 9.36 Å². The molecule has 0 radical (unpaired) electrons. The van der Waals surface area contributed by atoms with Crippen LogP contribution >= 0.6 is 0 Å². The Bertz CT molecular complexity index is 877. The maximum atomic E-state index is 11.8. The van der Waals surface area contributed by atoms with Crippen LogP contribution in [0, 0.1) is 0 Å². The number of fused-ring (bicyclic) bond motifs is 1. The number of nitrogens with zero attached hydrogens (tertiary/aromatic N) is 4. The standard InChI is InChI=1S/C20H32N6O5/c1-3-5-7-29-10-20(9-13(27)28)16(30-8-6-4-2)14(21)19(31-20)26-12-25-15-17(22)23-11-24-18(15)26/h11-12,14,16,19H,3-10,21H2,1-2H3,(H,27,28)(H2,22,23,24)/t14?,16?,19-,20-/m1/s1. The highest BCUT2D eigenvalue weighted by Gasteiger charge is 2.57. The number of aliphatic carboxylic acids is 1. The number of carboxylic acid groups (broad SMARTS) is 1. The topological polar surface area (TPSA) is 161 Å². The summed E-state index contributed by atoms with van der Waals surface area (Å²) >= 11 is 0. The molecule has 5 N–H and O–H groups in total. The number of nitrogens with two attached hydrogens (primary N) is 2. The van der Waals surface area contributed by atoms with Crippen LogP contribution in [0.3, 0.4) is 0 Å². The molecule has 31 heavy (non-hydrogen) atoms. The first kappa shape index (κ1) is 23.3. The van der Waals surface area contributed by atoms with Gasteiger partial charge in [-0.2, -0.15) is 0 Å². The number of hydrogen-bond donors (Lipinski definition) is 3. The molecule has 2 aromatic rings. The molecule has 1 fully saturated rings. The largest absolute Gasteiger partial charge is 0.481 e. The first-order valence-electron chi connectivity index (χ1n) is 10.7. The number of nitrogen functional groups attached to an aromatic ring is 1. The molecule has 1 aliphatic heterocycles. The zero-order valence-corrected chi connectivity index (χ0v) is 18.1. The van der Waals surface area contributed by atoms with Gasteiger partial charge in [0.2, 0.25) is 0 Å². The van der Waals surface area contributed by atoms with Gasteiger partial charge in [0, 0.05) is 13.2 Å². The van der Waals surface area contributed by atoms with Crippen molar-refractivity contribution in [1.29, 1.82) is 0 Å². The highest BCUT2D eigenvalue weighted by Crippen LogP contribution is 2.42. The number of unbranched alkanes of at least 4 members (excludes halogenated alkanes) is 2. The summed E-state index contributed by atoms with van der Waals surface area (Å²) in [6.45, 7) is 5.12. The number of aromatic nitrogens is 4. The van der Waals surface area contributed by atoms with Crippen LogP contribution in [0.4, 0.5) is 5.82 Å². The van der Waals surface area contributed by atoms with Gasteiger partial charge in [-0.25, -0.2) is 15.0 Å². The SMILES string of the molecule is CCCCOC[C@@]1(CC(=O)O)O[C@@H](n2cnc3c(N)ncnc32)C(N)C1OCCCC. The van der Waals surface area contributed by atoms with Gasteiger partial charge in [0.15, 0.2) is 17.7 Å². The van der Waals surface area contributed by atoms with Crippen molar-refractivity contribution in [2.45, 2.75) is 69.9 Å². The molecular formula is C20H32N6O5. The maximum absolute atomic E-state index is 11.8. The van der Waals surface area contributed by atoms with Crippen molar-refractivity contribution in [3.05, 3.63) is 12.7 Å². The zero-order valence-electron chi connectivity index (χ0n) is 18.1. The molecule has 0 amide bonds. The van der Waals surface area contributed by atoms with Crippen LogP contribution in [-0.4, -0.2) is 68.2 Å². The summed E-state index contributed by atoms with van der Waals surface area (Å²) in [4.78, 5) is 24.3. The van der Waals surface area contributed by atoms with Crippen molar-refractivity contribution in [3.63, 3.8) is 0 Å². The van der Waals surface area contributed by atoms with Crippen molar-refractivity contribution >= 4 is 23.0 Å². The van der Waals surface area contributed by atoms with Crippen LogP contribution in [0.5, 0.6) is 0 Å². The Kier molecular flexibility index (Phi) is 7.76. The van der Waals surface area contributed by atoms with E-state index < -0.39 is 29.9 Å². The van der Waals surface area contributed by atoms with Gasteiger partial charge in [0.25, 0.3) is 0 Å². The number of rotatable bonds is 12. The summed E-state index contributed by atoms with van der Waals surface area (Å²) in [7, 11) is 0. The summed E-state index contributed by atoms with van der Waals surface area (Å²) in [6, 6.07) is -0.667. The van der Waals surface area contributed by atoms with Crippen LogP contribution in [-0.2, 0) is 19.0 Å². The average Bonchev–Trinajstić information content (AvgIpc) is 3.27. The molecule has 1 aliphatic rings. The molecule has 11 heteroatoms. The van der Waals surface area contributed by atoms with E-state index in [0.29, 0.717) is 24.4 Å². The van der Waals surface area contributed by atoms with Crippen molar-refractivity contribution in [2.75, 3.05) is 25.6 Å². The van der Waals surface area contributed by atoms with E-state index in [-0.39, 0.29) is 18.8 Å². The summed E-state index contributed by atoms with van der Waals surface area (Å²) in [6.07, 6.45) is 4.72. The molecule has 3 heterocycles. The fourth-order valence-electron chi connectivity index (χ4n) is 3.86. The molecule has 4 atom stereocenters. The Morgan fingerprint density at radius 1 is 1.26 bits per heavy atom. The van der Waals surface area contributed by atoms with Crippen LogP contribution in [0.1, 0.15) is 52.2 Å². The lowest BCUT2D eigenvalue weighted by Crippen LogP contribution is -2.52. The quantitative estimate of drug-likeness (QED) is 0.416. The zero-order chi connectivity index (χ0) is 22.4. The van der Waals surface area contributed by atoms with Gasteiger partial charge >= 0.3 is 5.97 Å². The second-order valence-electron chi connectivity index (χ2n) is 7.86. The predicted molar refractivity (Wildman–Crippen MR) is 113 cm³/mol. The third-order valence-electron chi connectivity index (χ3n) is 5.45. The van der Waals surface area contributed by atoms with Crippen LogP contribution in [0.15, 0.2) is 12.7 Å². The number of anilines is 1. The number of imidazole rings is 1. The van der Waals surface area contributed by atoms with Crippen molar-refractivity contribution < 1.29 is 24.1 Å². The average molecular weight is 437 g/mol. The first-order chi connectivity index (χ1) is 14.9. The normalized spacial score (nSPS) is 26.0. The number of ether oxygens (including phenoxy) is 3. The summed E-state index contributed by atoms with van der Waals surface area (Å²) in [5.41, 5.74) is 12.1. The first-order valence-corrected chi connectivity index (χ1v) is 10.7. The summed E-state index contributed by atoms with van der Waals surface area (Å²) < 4.78 is 19.9. The molecular weight excluding hydrogens is 404 g/mol. The van der Waals surface area contributed by atoms with Crippen molar-refractivity contribution in [2.24, 2.45) is 5.73 Å². The van der Waals surface area contributed by atoms with Crippen molar-refractivity contribution in [1.82, 2.24) is 19.5 Å². The van der Waals surface area contributed by atoms with Gasteiger partial charge in [-0.1, -0.05) is 26.7 Å². The summed E-state index contributed by atoms with van der Waals surface area (Å²) in [5, 5.41) is 9.65. The molecule has 1 saturated heterocycles. The van der Waals surface area contributed by atoms with E-state index in [1.807, 2.05) is 0 Å². The van der Waals surface area contributed by atoms with E-state index in [1.54, 1.807) is 4.57 Å². The third kappa shape index (κ3) is 4.95. The van der Waals surface area contributed by atoms with E-state index in [2.05, 4.69) is 28.8 Å². The minimum Gasteiger partial charge on any atom is -0.481 e. The molecule has 172 valence electrons. The second-order valence-corrected chi connectivity index (χ2v) is 7.86. The molecule has 2 aromatic heterocycles. The molecule has 0 bridgehead atoms.